The number of hydrogen-bond donors (Lipinski definition) is 2. The Labute approximate surface area is 210 Å². The molecule has 0 heterocycles. The number of hydrogen-bond acceptors (Lipinski definition) is 6. The van der Waals surface area contributed by atoms with E-state index in [4.69, 9.17) is 0 Å². The van der Waals surface area contributed by atoms with Crippen molar-refractivity contribution in [1.29, 1.82) is 0 Å². The molecule has 0 radical (unpaired) electrons. The summed E-state index contributed by atoms with van der Waals surface area (Å²) in [4.78, 5) is 0. The van der Waals surface area contributed by atoms with E-state index in [9.17, 15) is 23.2 Å². The average molecular weight is 467 g/mol. The molecule has 0 aromatic rings. The van der Waals surface area contributed by atoms with Gasteiger partial charge >= 0.3 is 29.6 Å². The molecule has 4 aliphatic carbocycles. The van der Waals surface area contributed by atoms with Crippen molar-refractivity contribution in [3.63, 3.8) is 0 Å². The van der Waals surface area contributed by atoms with Crippen LogP contribution in [0.25, 0.3) is 0 Å². The molecule has 31 heavy (non-hydrogen) atoms. The summed E-state index contributed by atoms with van der Waals surface area (Å²) in [5.41, 5.74) is 0.375. The van der Waals surface area contributed by atoms with E-state index in [0.717, 1.165) is 51.4 Å². The Morgan fingerprint density at radius 3 is 2.35 bits per heavy atom. The Bertz CT molecular complexity index is 746. The van der Waals surface area contributed by atoms with Crippen molar-refractivity contribution in [3.05, 3.63) is 0 Å². The van der Waals surface area contributed by atoms with Crippen LogP contribution in [0.1, 0.15) is 78.6 Å². The van der Waals surface area contributed by atoms with Gasteiger partial charge in [-0.1, -0.05) is 20.8 Å². The molecule has 10 atom stereocenters. The summed E-state index contributed by atoms with van der Waals surface area (Å²) >= 11 is 0. The zero-order valence-corrected chi connectivity index (χ0v) is 22.4. The maximum atomic E-state index is 11.3. The molecule has 0 spiro atoms. The van der Waals surface area contributed by atoms with Crippen molar-refractivity contribution in [2.75, 3.05) is 6.61 Å². The molecule has 4 rings (SSSR count). The van der Waals surface area contributed by atoms with Gasteiger partial charge in [0.25, 0.3) is 0 Å². The van der Waals surface area contributed by atoms with Crippen molar-refractivity contribution < 1.29 is 56.9 Å². The summed E-state index contributed by atoms with van der Waals surface area (Å²) < 4.78 is 36.8. The molecule has 0 saturated heterocycles. The third-order valence-electron chi connectivity index (χ3n) is 10.2. The van der Waals surface area contributed by atoms with Crippen molar-refractivity contribution in [2.24, 2.45) is 46.3 Å². The first-order valence-corrected chi connectivity index (χ1v) is 13.3. The summed E-state index contributed by atoms with van der Waals surface area (Å²) in [5.74, 6) is 2.52. The van der Waals surface area contributed by atoms with Crippen molar-refractivity contribution >= 4 is 10.4 Å². The smallest absolute Gasteiger partial charge is 0.726 e. The molecule has 0 aromatic carbocycles. The normalized spacial score (nSPS) is 48.1. The first kappa shape index (κ1) is 26.4. The summed E-state index contributed by atoms with van der Waals surface area (Å²) in [7, 11) is -4.63. The molecular weight excluding hydrogens is 427 g/mol. The van der Waals surface area contributed by atoms with Crippen LogP contribution in [0.3, 0.4) is 0 Å². The van der Waals surface area contributed by atoms with Crippen LogP contribution < -0.4 is 29.6 Å². The maximum Gasteiger partial charge on any atom is 1.00 e. The molecule has 0 aliphatic heterocycles. The number of aliphatic hydroxyl groups is 2. The van der Waals surface area contributed by atoms with Crippen LogP contribution in [0, 0.1) is 46.3 Å². The third-order valence-corrected chi connectivity index (χ3v) is 10.7. The van der Waals surface area contributed by atoms with Gasteiger partial charge in [0.1, 0.15) is 0 Å². The van der Waals surface area contributed by atoms with Gasteiger partial charge in [0.15, 0.2) is 0 Å². The van der Waals surface area contributed by atoms with E-state index in [-0.39, 0.29) is 65.1 Å². The molecule has 2 N–H and O–H groups in total. The summed E-state index contributed by atoms with van der Waals surface area (Å²) in [6.45, 7) is 6.92. The molecule has 6 nitrogen and oxygen atoms in total. The summed E-state index contributed by atoms with van der Waals surface area (Å²) in [6.07, 6.45) is 8.17. The Kier molecular flexibility index (Phi) is 8.04. The Morgan fingerprint density at radius 1 is 1.03 bits per heavy atom. The number of fused-ring (bicyclic) bond motifs is 5. The van der Waals surface area contributed by atoms with E-state index >= 15 is 0 Å². The number of aliphatic hydroxyl groups excluding tert-OH is 2. The van der Waals surface area contributed by atoms with Crippen LogP contribution in [0.2, 0.25) is 0 Å². The molecule has 8 heteroatoms. The van der Waals surface area contributed by atoms with Crippen LogP contribution in [-0.4, -0.2) is 42.0 Å². The monoisotopic (exact) mass is 466 g/mol. The van der Waals surface area contributed by atoms with Gasteiger partial charge in [0, 0.05) is 0 Å². The van der Waals surface area contributed by atoms with Gasteiger partial charge in [-0.2, -0.15) is 0 Å². The van der Waals surface area contributed by atoms with E-state index in [0.29, 0.717) is 36.0 Å². The van der Waals surface area contributed by atoms with Crippen LogP contribution in [-0.2, 0) is 14.6 Å². The SMILES string of the molecule is C[C@H](CCOS(=O)(=O)[O-])[C@H]1CCC2C3C(CC[C@@]21C)[C@@]1(C)CC[C@@H](O)C[C@H]1C[C@@H]3O.[Na+]. The van der Waals surface area contributed by atoms with Crippen LogP contribution >= 0.6 is 0 Å². The second-order valence-electron chi connectivity index (χ2n) is 11.4. The maximum absolute atomic E-state index is 11.3. The van der Waals surface area contributed by atoms with Gasteiger partial charge in [-0.25, -0.2) is 8.42 Å². The first-order chi connectivity index (χ1) is 14.0. The van der Waals surface area contributed by atoms with Crippen molar-refractivity contribution in [3.8, 4) is 0 Å². The molecule has 174 valence electrons. The molecule has 4 aliphatic rings. The van der Waals surface area contributed by atoms with E-state index in [1.807, 2.05) is 0 Å². The fraction of sp³-hybridized carbons (Fsp3) is 1.00. The van der Waals surface area contributed by atoms with Gasteiger partial charge in [-0.15, -0.1) is 0 Å². The second kappa shape index (κ2) is 9.44. The first-order valence-electron chi connectivity index (χ1n) is 11.9. The Balaban J connectivity index is 0.00000272. The minimum absolute atomic E-state index is 0. The summed E-state index contributed by atoms with van der Waals surface area (Å²) in [5, 5.41) is 21.5. The second-order valence-corrected chi connectivity index (χ2v) is 12.5. The predicted octanol–water partition coefficient (Wildman–Crippen LogP) is 0.484. The molecule has 3 unspecified atom stereocenters. The van der Waals surface area contributed by atoms with E-state index < -0.39 is 10.4 Å². The number of rotatable bonds is 5. The third kappa shape index (κ3) is 4.82. The average Bonchev–Trinajstić information content (AvgIpc) is 2.99. The van der Waals surface area contributed by atoms with Crippen molar-refractivity contribution in [2.45, 2.75) is 90.8 Å². The zero-order chi connectivity index (χ0) is 21.9. The topological polar surface area (TPSA) is 107 Å². The minimum Gasteiger partial charge on any atom is -0.726 e. The van der Waals surface area contributed by atoms with E-state index in [1.165, 1.54) is 0 Å². The Morgan fingerprint density at radius 2 is 1.68 bits per heavy atom. The Hall–Kier alpha value is 0.790. The standard InChI is InChI=1S/C23H40O6S.Na/c1-14(8-11-29-30(26,27)28)17-4-5-18-21-19(7-10-23(17,18)3)22(2)9-6-16(24)12-15(22)13-20(21)25;/h14-21,24-25H,4-13H2,1-3H3,(H,26,27,28);/q;+1/p-1/t14-,15+,16-,17-,18?,19?,20+,21?,22+,23-;/m1./s1. The molecular formula is C23H39NaO6S. The van der Waals surface area contributed by atoms with Gasteiger partial charge in [0.05, 0.1) is 18.8 Å². The zero-order valence-electron chi connectivity index (χ0n) is 19.6. The summed E-state index contributed by atoms with van der Waals surface area (Å²) in [6, 6.07) is 0. The molecule has 4 saturated carbocycles. The van der Waals surface area contributed by atoms with E-state index in [1.54, 1.807) is 0 Å². The fourth-order valence-electron chi connectivity index (χ4n) is 8.71. The molecule has 4 fully saturated rings. The van der Waals surface area contributed by atoms with Crippen LogP contribution in [0.5, 0.6) is 0 Å². The molecule has 0 amide bonds. The quantitative estimate of drug-likeness (QED) is 0.347. The predicted molar refractivity (Wildman–Crippen MR) is 112 cm³/mol. The van der Waals surface area contributed by atoms with E-state index in [2.05, 4.69) is 25.0 Å². The fourth-order valence-corrected chi connectivity index (χ4v) is 9.01. The minimum atomic E-state index is -4.63. The molecule has 0 aromatic heterocycles. The van der Waals surface area contributed by atoms with Crippen molar-refractivity contribution in [1.82, 2.24) is 0 Å². The van der Waals surface area contributed by atoms with Gasteiger partial charge in [-0.3, -0.25) is 4.18 Å². The van der Waals surface area contributed by atoms with Crippen LogP contribution in [0.4, 0.5) is 0 Å². The largest absolute Gasteiger partial charge is 1.00 e. The van der Waals surface area contributed by atoms with Gasteiger partial charge in [0.2, 0.25) is 10.4 Å². The van der Waals surface area contributed by atoms with Crippen LogP contribution in [0.15, 0.2) is 0 Å². The van der Waals surface area contributed by atoms with Gasteiger partial charge < -0.3 is 14.8 Å². The van der Waals surface area contributed by atoms with Gasteiger partial charge in [-0.05, 0) is 104 Å². The molecule has 0 bridgehead atoms.